The highest BCUT2D eigenvalue weighted by Crippen LogP contribution is 2.28. The Kier molecular flexibility index (Phi) is 5.08. The van der Waals surface area contributed by atoms with Gasteiger partial charge >= 0.3 is 0 Å². The lowest BCUT2D eigenvalue weighted by Crippen LogP contribution is -2.48. The van der Waals surface area contributed by atoms with E-state index in [4.69, 9.17) is 0 Å². The molecule has 3 amide bonds. The van der Waals surface area contributed by atoms with E-state index < -0.39 is 29.6 Å². The number of benzene rings is 2. The Hall–Kier alpha value is -3.02. The van der Waals surface area contributed by atoms with Crippen molar-refractivity contribution in [3.05, 3.63) is 65.0 Å². The number of hydrogen-bond acceptors (Lipinski definition) is 3. The van der Waals surface area contributed by atoms with Crippen molar-refractivity contribution >= 4 is 23.4 Å². The van der Waals surface area contributed by atoms with Crippen molar-refractivity contribution in [1.29, 1.82) is 0 Å². The maximum atomic E-state index is 14.1. The summed E-state index contributed by atoms with van der Waals surface area (Å²) in [5.41, 5.74) is 1.32. The molecule has 1 atom stereocenters. The third kappa shape index (κ3) is 3.60. The SMILES string of the molecule is Cc1ccc(NC(=O)C(CC(C)C)N2C(=O)c3ccccc3C2=O)c(F)c1. The van der Waals surface area contributed by atoms with Gasteiger partial charge < -0.3 is 5.32 Å². The Balaban J connectivity index is 1.91. The van der Waals surface area contributed by atoms with Gasteiger partial charge in [-0.05, 0) is 49.1 Å². The van der Waals surface area contributed by atoms with Crippen molar-refractivity contribution in [2.24, 2.45) is 5.92 Å². The fourth-order valence-corrected chi connectivity index (χ4v) is 3.20. The topological polar surface area (TPSA) is 66.5 Å². The Bertz CT molecular complexity index is 888. The Morgan fingerprint density at radius 2 is 1.67 bits per heavy atom. The molecule has 0 radical (unpaired) electrons. The number of halogens is 1. The van der Waals surface area contributed by atoms with Gasteiger partial charge in [0.2, 0.25) is 5.91 Å². The van der Waals surface area contributed by atoms with Crippen LogP contribution in [0.3, 0.4) is 0 Å². The van der Waals surface area contributed by atoms with Crippen molar-refractivity contribution < 1.29 is 18.8 Å². The number of nitrogens with zero attached hydrogens (tertiary/aromatic N) is 1. The molecule has 5 nitrogen and oxygen atoms in total. The molecule has 2 aromatic carbocycles. The van der Waals surface area contributed by atoms with Gasteiger partial charge in [-0.15, -0.1) is 0 Å². The molecule has 0 saturated heterocycles. The monoisotopic (exact) mass is 368 g/mol. The second-order valence-corrected chi connectivity index (χ2v) is 7.14. The first-order valence-electron chi connectivity index (χ1n) is 8.83. The van der Waals surface area contributed by atoms with E-state index in [-0.39, 0.29) is 29.2 Å². The highest BCUT2D eigenvalue weighted by molar-refractivity contribution is 6.23. The third-order valence-corrected chi connectivity index (χ3v) is 4.52. The van der Waals surface area contributed by atoms with Crippen molar-refractivity contribution in [3.63, 3.8) is 0 Å². The average Bonchev–Trinajstić information content (AvgIpc) is 2.86. The minimum Gasteiger partial charge on any atom is -0.322 e. The van der Waals surface area contributed by atoms with Crippen molar-refractivity contribution in [3.8, 4) is 0 Å². The van der Waals surface area contributed by atoms with Crippen LogP contribution in [0, 0.1) is 18.7 Å². The van der Waals surface area contributed by atoms with Crippen LogP contribution in [0.2, 0.25) is 0 Å². The molecule has 27 heavy (non-hydrogen) atoms. The van der Waals surface area contributed by atoms with E-state index in [0.717, 1.165) is 10.5 Å². The molecule has 0 bridgehead atoms. The van der Waals surface area contributed by atoms with Gasteiger partial charge in [-0.25, -0.2) is 4.39 Å². The molecule has 0 aromatic heterocycles. The molecule has 140 valence electrons. The summed E-state index contributed by atoms with van der Waals surface area (Å²) in [4.78, 5) is 39.4. The van der Waals surface area contributed by atoms with Gasteiger partial charge in [0.05, 0.1) is 16.8 Å². The van der Waals surface area contributed by atoms with Crippen LogP contribution in [0.1, 0.15) is 46.5 Å². The van der Waals surface area contributed by atoms with Gasteiger partial charge in [0.1, 0.15) is 11.9 Å². The fraction of sp³-hybridized carbons (Fsp3) is 0.286. The van der Waals surface area contributed by atoms with Crippen molar-refractivity contribution in [1.82, 2.24) is 4.90 Å². The standard InChI is InChI=1S/C21H21FN2O3/c1-12(2)10-18(19(25)23-17-9-8-13(3)11-16(17)22)24-20(26)14-6-4-5-7-15(14)21(24)27/h4-9,11-12,18H,10H2,1-3H3,(H,23,25). The number of carbonyl (C=O) groups excluding carboxylic acids is 3. The Morgan fingerprint density at radius 1 is 1.07 bits per heavy atom. The third-order valence-electron chi connectivity index (χ3n) is 4.52. The van der Waals surface area contributed by atoms with E-state index in [1.165, 1.54) is 12.1 Å². The van der Waals surface area contributed by atoms with E-state index in [9.17, 15) is 18.8 Å². The summed E-state index contributed by atoms with van der Waals surface area (Å²) in [6.45, 7) is 5.53. The lowest BCUT2D eigenvalue weighted by atomic mass is 10.0. The van der Waals surface area contributed by atoms with Crippen molar-refractivity contribution in [2.75, 3.05) is 5.32 Å². The van der Waals surface area contributed by atoms with Gasteiger partial charge in [0, 0.05) is 0 Å². The van der Waals surface area contributed by atoms with E-state index in [1.807, 2.05) is 13.8 Å². The van der Waals surface area contributed by atoms with Crippen molar-refractivity contribution in [2.45, 2.75) is 33.2 Å². The summed E-state index contributed by atoms with van der Waals surface area (Å²) in [6, 6.07) is 9.93. The van der Waals surface area contributed by atoms with Crippen LogP contribution in [0.15, 0.2) is 42.5 Å². The average molecular weight is 368 g/mol. The van der Waals surface area contributed by atoms with Crippen LogP contribution in [0.25, 0.3) is 0 Å². The summed E-state index contributed by atoms with van der Waals surface area (Å²) < 4.78 is 14.1. The first kappa shape index (κ1) is 18.8. The second-order valence-electron chi connectivity index (χ2n) is 7.14. The molecule has 1 N–H and O–H groups in total. The van der Waals surface area contributed by atoms with Gasteiger partial charge in [0.15, 0.2) is 0 Å². The summed E-state index contributed by atoms with van der Waals surface area (Å²) in [6.07, 6.45) is 0.283. The molecular weight excluding hydrogens is 347 g/mol. The van der Waals surface area contributed by atoms with Gasteiger partial charge in [-0.1, -0.05) is 32.0 Å². The molecule has 2 aromatic rings. The fourth-order valence-electron chi connectivity index (χ4n) is 3.20. The maximum Gasteiger partial charge on any atom is 0.262 e. The number of fused-ring (bicyclic) bond motifs is 1. The number of nitrogens with one attached hydrogen (secondary N) is 1. The van der Waals surface area contributed by atoms with Gasteiger partial charge in [0.25, 0.3) is 11.8 Å². The first-order valence-corrected chi connectivity index (χ1v) is 8.83. The first-order chi connectivity index (χ1) is 12.8. The predicted octanol–water partition coefficient (Wildman–Crippen LogP) is 3.78. The van der Waals surface area contributed by atoms with E-state index >= 15 is 0 Å². The molecule has 1 unspecified atom stereocenters. The van der Waals surface area contributed by atoms with E-state index in [1.54, 1.807) is 37.3 Å². The molecule has 1 aliphatic rings. The summed E-state index contributed by atoms with van der Waals surface area (Å²) in [5, 5.41) is 2.53. The molecular formula is C21H21FN2O3. The number of anilines is 1. The lowest BCUT2D eigenvalue weighted by Gasteiger charge is -2.26. The molecule has 0 spiro atoms. The lowest BCUT2D eigenvalue weighted by molar-refractivity contribution is -0.120. The molecule has 0 aliphatic carbocycles. The Morgan fingerprint density at radius 3 is 2.19 bits per heavy atom. The number of imide groups is 1. The minimum absolute atomic E-state index is 0.0240. The molecule has 0 saturated carbocycles. The van der Waals surface area contributed by atoms with Crippen LogP contribution < -0.4 is 5.32 Å². The summed E-state index contributed by atoms with van der Waals surface area (Å²) in [5.74, 6) is -2.09. The highest BCUT2D eigenvalue weighted by atomic mass is 19.1. The largest absolute Gasteiger partial charge is 0.322 e. The molecule has 1 heterocycles. The van der Waals surface area contributed by atoms with Crippen LogP contribution >= 0.6 is 0 Å². The number of aryl methyl sites for hydroxylation is 1. The second kappa shape index (κ2) is 7.31. The van der Waals surface area contributed by atoms with Gasteiger partial charge in [-0.2, -0.15) is 0 Å². The van der Waals surface area contributed by atoms with E-state index in [0.29, 0.717) is 0 Å². The van der Waals surface area contributed by atoms with Crippen LogP contribution in [-0.4, -0.2) is 28.7 Å². The zero-order chi connectivity index (χ0) is 19.7. The van der Waals surface area contributed by atoms with Crippen LogP contribution in [0.4, 0.5) is 10.1 Å². The van der Waals surface area contributed by atoms with Gasteiger partial charge in [-0.3, -0.25) is 19.3 Å². The number of amides is 3. The number of carbonyl (C=O) groups is 3. The molecule has 1 aliphatic heterocycles. The predicted molar refractivity (Wildman–Crippen MR) is 100.0 cm³/mol. The number of rotatable bonds is 5. The number of hydrogen-bond donors (Lipinski definition) is 1. The smallest absolute Gasteiger partial charge is 0.262 e. The van der Waals surface area contributed by atoms with Crippen LogP contribution in [-0.2, 0) is 4.79 Å². The zero-order valence-electron chi connectivity index (χ0n) is 15.5. The summed E-state index contributed by atoms with van der Waals surface area (Å²) in [7, 11) is 0. The minimum atomic E-state index is -1.02. The highest BCUT2D eigenvalue weighted by Gasteiger charge is 2.42. The molecule has 6 heteroatoms. The molecule has 3 rings (SSSR count). The molecule has 0 fully saturated rings. The Labute approximate surface area is 157 Å². The van der Waals surface area contributed by atoms with Crippen LogP contribution in [0.5, 0.6) is 0 Å². The van der Waals surface area contributed by atoms with E-state index in [2.05, 4.69) is 5.32 Å². The maximum absolute atomic E-state index is 14.1. The normalized spacial score (nSPS) is 14.5. The summed E-state index contributed by atoms with van der Waals surface area (Å²) >= 11 is 0. The zero-order valence-corrected chi connectivity index (χ0v) is 15.5. The quantitative estimate of drug-likeness (QED) is 0.817.